The van der Waals surface area contributed by atoms with Gasteiger partial charge in [0.05, 0.1) is 0 Å². The van der Waals surface area contributed by atoms with Crippen LogP contribution in [0.5, 0.6) is 0 Å². The summed E-state index contributed by atoms with van der Waals surface area (Å²) < 4.78 is 0. The molecule has 0 unspecified atom stereocenters. The predicted octanol–water partition coefficient (Wildman–Crippen LogP) is 13.2. The molecule has 5 N–H and O–H groups in total. The van der Waals surface area contributed by atoms with Gasteiger partial charge in [-0.3, -0.25) is 14.4 Å². The molecule has 0 aliphatic carbocycles. The Morgan fingerprint density at radius 3 is 0.797 bits per heavy atom. The molecule has 64 heavy (non-hydrogen) atoms. The fraction of sp³-hybridized carbons (Fsp3) is 0.945. The van der Waals surface area contributed by atoms with Crippen LogP contribution in [0.3, 0.4) is 0 Å². The van der Waals surface area contributed by atoms with Gasteiger partial charge < -0.3 is 31.5 Å². The van der Waals surface area contributed by atoms with Gasteiger partial charge in [0.25, 0.3) is 0 Å². The number of unbranched alkanes of at least 4 members (excludes halogenated alkanes) is 32. The zero-order valence-corrected chi connectivity index (χ0v) is 43.3. The van der Waals surface area contributed by atoms with Crippen LogP contribution in [0.2, 0.25) is 0 Å². The minimum Gasteiger partial charge on any atom is -0.356 e. The maximum atomic E-state index is 13.0. The van der Waals surface area contributed by atoms with Crippen LogP contribution < -0.4 is 21.7 Å². The van der Waals surface area contributed by atoms with Crippen LogP contribution in [0.25, 0.3) is 0 Å². The highest BCUT2D eigenvalue weighted by Gasteiger charge is 2.15. The summed E-state index contributed by atoms with van der Waals surface area (Å²) in [7, 11) is 0. The lowest BCUT2D eigenvalue weighted by molar-refractivity contribution is -0.122. The van der Waals surface area contributed by atoms with Gasteiger partial charge in [-0.25, -0.2) is 0 Å². The molecule has 0 fully saturated rings. The highest BCUT2D eigenvalue weighted by molar-refractivity contribution is 5.77. The fourth-order valence-corrected chi connectivity index (χ4v) is 8.71. The second-order valence-electron chi connectivity index (χ2n) is 19.4. The molecule has 0 spiro atoms. The van der Waals surface area contributed by atoms with Gasteiger partial charge in [-0.1, -0.05) is 220 Å². The number of carbonyl (C=O) groups excluding carboxylic acids is 3. The Kier molecular flexibility index (Phi) is 50.9. The number of nitrogens with one attached hydrogen (secondary N) is 3. The van der Waals surface area contributed by atoms with Gasteiger partial charge in [-0.15, -0.1) is 0 Å². The Balaban J connectivity index is 4.82. The van der Waals surface area contributed by atoms with Crippen molar-refractivity contribution in [3.8, 4) is 0 Å². The highest BCUT2D eigenvalue weighted by atomic mass is 16.2. The van der Waals surface area contributed by atoms with Crippen LogP contribution in [0, 0.1) is 0 Å². The van der Waals surface area contributed by atoms with E-state index in [4.69, 9.17) is 5.73 Å². The van der Waals surface area contributed by atoms with Crippen molar-refractivity contribution in [1.82, 2.24) is 25.8 Å². The second kappa shape index (κ2) is 52.3. The molecule has 9 heteroatoms. The molecule has 0 rings (SSSR count). The van der Waals surface area contributed by atoms with Crippen LogP contribution in [-0.2, 0) is 14.4 Å². The number of amides is 3. The van der Waals surface area contributed by atoms with Gasteiger partial charge in [0.1, 0.15) is 0 Å². The Hall–Kier alpha value is -1.71. The predicted molar refractivity (Wildman–Crippen MR) is 278 cm³/mol. The van der Waals surface area contributed by atoms with Crippen LogP contribution in [0.4, 0.5) is 0 Å². The van der Waals surface area contributed by atoms with Gasteiger partial charge in [0.2, 0.25) is 17.7 Å². The minimum absolute atomic E-state index is 0.103. The van der Waals surface area contributed by atoms with E-state index in [1.807, 2.05) is 0 Å². The summed E-state index contributed by atoms with van der Waals surface area (Å²) in [6, 6.07) is 0. The van der Waals surface area contributed by atoms with Gasteiger partial charge in [0.15, 0.2) is 0 Å². The molecule has 0 saturated carbocycles. The molecule has 3 amide bonds. The molecule has 0 aromatic carbocycles. The monoisotopic (exact) mass is 905 g/mol. The molecule has 0 saturated heterocycles. The third-order valence-electron chi connectivity index (χ3n) is 13.2. The van der Waals surface area contributed by atoms with Crippen molar-refractivity contribution in [1.29, 1.82) is 0 Å². The number of carbonyl (C=O) groups is 3. The lowest BCUT2D eigenvalue weighted by Gasteiger charge is -2.27. The summed E-state index contributed by atoms with van der Waals surface area (Å²) >= 11 is 0. The van der Waals surface area contributed by atoms with Crippen LogP contribution >= 0.6 is 0 Å². The summed E-state index contributed by atoms with van der Waals surface area (Å²) in [6.07, 6.45) is 47.5. The summed E-state index contributed by atoms with van der Waals surface area (Å²) in [5, 5.41) is 9.52. The molecule has 0 bridgehead atoms. The van der Waals surface area contributed by atoms with E-state index in [9.17, 15) is 14.4 Å². The third-order valence-corrected chi connectivity index (χ3v) is 13.2. The lowest BCUT2D eigenvalue weighted by atomic mass is 10.1. The highest BCUT2D eigenvalue weighted by Crippen LogP contribution is 2.14. The third kappa shape index (κ3) is 48.2. The Bertz CT molecular complexity index is 939. The van der Waals surface area contributed by atoms with Crippen molar-refractivity contribution in [2.75, 3.05) is 65.4 Å². The van der Waals surface area contributed by atoms with E-state index < -0.39 is 0 Å². The van der Waals surface area contributed by atoms with E-state index in [1.54, 1.807) is 0 Å². The second-order valence-corrected chi connectivity index (χ2v) is 19.4. The first-order chi connectivity index (χ1) is 31.5. The average molecular weight is 906 g/mol. The molecule has 0 aromatic rings. The van der Waals surface area contributed by atoms with E-state index in [0.29, 0.717) is 38.9 Å². The zero-order valence-electron chi connectivity index (χ0n) is 43.3. The van der Waals surface area contributed by atoms with Gasteiger partial charge >= 0.3 is 0 Å². The van der Waals surface area contributed by atoms with Crippen molar-refractivity contribution in [3.05, 3.63) is 0 Å². The first-order valence-electron chi connectivity index (χ1n) is 28.4. The Morgan fingerprint density at radius 1 is 0.297 bits per heavy atom. The quantitative estimate of drug-likeness (QED) is 0.0451. The van der Waals surface area contributed by atoms with E-state index in [-0.39, 0.29) is 17.7 Å². The molecular weight excluding hydrogens is 793 g/mol. The number of hydrogen-bond donors (Lipinski definition) is 4. The topological polar surface area (TPSA) is 120 Å². The maximum absolute atomic E-state index is 13.0. The van der Waals surface area contributed by atoms with Gasteiger partial charge in [-0.2, -0.15) is 0 Å². The van der Waals surface area contributed by atoms with Crippen molar-refractivity contribution < 1.29 is 14.4 Å². The number of rotatable bonds is 53. The van der Waals surface area contributed by atoms with Crippen molar-refractivity contribution in [3.63, 3.8) is 0 Å². The smallest absolute Gasteiger partial charge is 0.221 e. The first kappa shape index (κ1) is 62.3. The molecule has 380 valence electrons. The maximum Gasteiger partial charge on any atom is 0.221 e. The molecule has 0 radical (unpaired) electrons. The minimum atomic E-state index is 0.103. The van der Waals surface area contributed by atoms with Gasteiger partial charge in [-0.05, 0) is 45.2 Å². The lowest BCUT2D eigenvalue weighted by Crippen LogP contribution is -2.40. The molecule has 0 aliphatic rings. The van der Waals surface area contributed by atoms with Crippen molar-refractivity contribution in [2.24, 2.45) is 5.73 Å². The Labute approximate surface area is 398 Å². The Morgan fingerprint density at radius 2 is 0.531 bits per heavy atom. The zero-order chi connectivity index (χ0) is 46.7. The van der Waals surface area contributed by atoms with Crippen LogP contribution in [-0.4, -0.2) is 93.0 Å². The normalized spacial score (nSPS) is 11.5. The van der Waals surface area contributed by atoms with Gasteiger partial charge in [0, 0.05) is 71.6 Å². The number of nitrogens with zero attached hydrogens (tertiary/aromatic N) is 2. The first-order valence-corrected chi connectivity index (χ1v) is 28.4. The number of hydrogen-bond acceptors (Lipinski definition) is 6. The van der Waals surface area contributed by atoms with Crippen molar-refractivity contribution >= 4 is 17.7 Å². The van der Waals surface area contributed by atoms with E-state index in [0.717, 1.165) is 84.3 Å². The molecule has 0 atom stereocenters. The fourth-order valence-electron chi connectivity index (χ4n) is 8.71. The van der Waals surface area contributed by atoms with E-state index in [2.05, 4.69) is 46.5 Å². The van der Waals surface area contributed by atoms with E-state index >= 15 is 0 Å². The largest absolute Gasteiger partial charge is 0.356 e. The summed E-state index contributed by atoms with van der Waals surface area (Å²) in [6.45, 7) is 14.3. The van der Waals surface area contributed by atoms with Crippen LogP contribution in [0.15, 0.2) is 0 Å². The molecule has 9 nitrogen and oxygen atoms in total. The van der Waals surface area contributed by atoms with E-state index in [1.165, 1.54) is 193 Å². The molecule has 0 aromatic heterocycles. The molecule has 0 heterocycles. The summed E-state index contributed by atoms with van der Waals surface area (Å²) in [5.74, 6) is 0.345. The standard InChI is InChI=1S/C55H112N6O3/c1-4-7-10-13-16-19-22-25-28-31-36-44-57-53(62)40-48-60(47-39-34-35-43-56)51-52-61(49-41-54(63)58-45-37-32-29-26-23-20-17-14-11-8-5-2)50-42-55(64)59-46-38-33-30-27-24-21-18-15-12-9-6-3/h4-52,56H2,1-3H3,(H,57,62)(H,58,63)(H,59,64). The summed E-state index contributed by atoms with van der Waals surface area (Å²) in [4.78, 5) is 43.5. The molecular formula is C55H112N6O3. The molecule has 0 aliphatic heterocycles. The SMILES string of the molecule is CCCCCCCCCCCCCNC(=O)CCN(CCCCCN)CCN(CCC(=O)NCCCCCCCCCCCCC)CCC(=O)NCCCCCCCCCCCCC. The number of nitrogens with two attached hydrogens (primary N) is 1. The van der Waals surface area contributed by atoms with Crippen LogP contribution in [0.1, 0.15) is 271 Å². The van der Waals surface area contributed by atoms with Crippen molar-refractivity contribution in [2.45, 2.75) is 271 Å². The average Bonchev–Trinajstić information content (AvgIpc) is 3.29. The summed E-state index contributed by atoms with van der Waals surface area (Å²) in [5.41, 5.74) is 5.80.